The van der Waals surface area contributed by atoms with Gasteiger partial charge in [0.1, 0.15) is 6.04 Å². The van der Waals surface area contributed by atoms with Crippen molar-refractivity contribution in [3.63, 3.8) is 0 Å². The van der Waals surface area contributed by atoms with E-state index in [1.165, 1.54) is 30.3 Å². The molecule has 0 saturated heterocycles. The zero-order chi connectivity index (χ0) is 17.2. The molecule has 124 valence electrons. The second-order valence-corrected chi connectivity index (χ2v) is 7.43. The van der Waals surface area contributed by atoms with Crippen LogP contribution in [0.3, 0.4) is 0 Å². The Morgan fingerprint density at radius 2 is 1.96 bits per heavy atom. The molecule has 0 aliphatic heterocycles. The topological polar surface area (TPSA) is 116 Å². The molecule has 0 bridgehead atoms. The van der Waals surface area contributed by atoms with Crippen molar-refractivity contribution in [1.29, 1.82) is 0 Å². The number of nitrogens with one attached hydrogen (secondary N) is 2. The van der Waals surface area contributed by atoms with Crippen LogP contribution in [0.2, 0.25) is 0 Å². The largest absolute Gasteiger partial charge is 0.480 e. The van der Waals surface area contributed by atoms with Crippen molar-refractivity contribution >= 4 is 26.9 Å². The first-order valence-corrected chi connectivity index (χ1v) is 8.55. The Hall–Kier alpha value is -2.19. The van der Waals surface area contributed by atoms with E-state index < -0.39 is 22.0 Å². The highest BCUT2D eigenvalue weighted by Gasteiger charge is 2.26. The highest BCUT2D eigenvalue weighted by molar-refractivity contribution is 7.89. The normalized spacial score (nSPS) is 13.3. The number of aromatic amines is 1. The second-order valence-electron chi connectivity index (χ2n) is 5.71. The number of sulfonamides is 1. The van der Waals surface area contributed by atoms with Crippen LogP contribution >= 0.6 is 0 Å². The van der Waals surface area contributed by atoms with Gasteiger partial charge in [-0.05, 0) is 42.0 Å². The number of hydrogen-bond donors (Lipinski definition) is 3. The summed E-state index contributed by atoms with van der Waals surface area (Å²) in [5.41, 5.74) is 0.225. The molecule has 0 amide bonds. The number of hydrogen-bond acceptors (Lipinski definition) is 4. The number of aromatic nitrogens is 1. The van der Waals surface area contributed by atoms with Crippen molar-refractivity contribution in [3.05, 3.63) is 40.7 Å². The average molecular weight is 338 g/mol. The van der Waals surface area contributed by atoms with Crippen LogP contribution in [0.1, 0.15) is 20.3 Å². The number of H-pyrrole nitrogens is 1. The van der Waals surface area contributed by atoms with E-state index in [0.29, 0.717) is 10.9 Å². The lowest BCUT2D eigenvalue weighted by Gasteiger charge is -2.16. The van der Waals surface area contributed by atoms with Crippen LogP contribution in [0.15, 0.2) is 40.0 Å². The van der Waals surface area contributed by atoms with Gasteiger partial charge >= 0.3 is 5.97 Å². The molecule has 0 fully saturated rings. The molecule has 0 spiro atoms. The predicted octanol–water partition coefficient (Wildman–Crippen LogP) is 1.31. The van der Waals surface area contributed by atoms with Crippen LogP contribution in [0, 0.1) is 5.92 Å². The summed E-state index contributed by atoms with van der Waals surface area (Å²) in [6.07, 6.45) is 0.190. The van der Waals surface area contributed by atoms with Crippen LogP contribution in [-0.4, -0.2) is 30.5 Å². The quantitative estimate of drug-likeness (QED) is 0.734. The summed E-state index contributed by atoms with van der Waals surface area (Å²) in [6, 6.07) is 5.81. The Morgan fingerprint density at radius 3 is 2.57 bits per heavy atom. The first kappa shape index (κ1) is 17.2. The summed E-state index contributed by atoms with van der Waals surface area (Å²) in [6.45, 7) is 3.63. The van der Waals surface area contributed by atoms with Crippen LogP contribution in [0.4, 0.5) is 0 Å². The summed E-state index contributed by atoms with van der Waals surface area (Å²) < 4.78 is 27.0. The summed E-state index contributed by atoms with van der Waals surface area (Å²) in [7, 11) is -3.97. The molecule has 0 unspecified atom stereocenters. The van der Waals surface area contributed by atoms with Gasteiger partial charge in [0.2, 0.25) is 15.6 Å². The van der Waals surface area contributed by atoms with E-state index in [-0.39, 0.29) is 22.8 Å². The fraction of sp³-hybridized carbons (Fsp3) is 0.333. The maximum atomic E-state index is 12.4. The van der Waals surface area contributed by atoms with Crippen molar-refractivity contribution in [2.75, 3.05) is 0 Å². The highest BCUT2D eigenvalue weighted by Crippen LogP contribution is 2.17. The van der Waals surface area contributed by atoms with Gasteiger partial charge in [-0.15, -0.1) is 0 Å². The van der Waals surface area contributed by atoms with Gasteiger partial charge in [-0.25, -0.2) is 8.42 Å². The van der Waals surface area contributed by atoms with E-state index in [0.717, 1.165) is 0 Å². The van der Waals surface area contributed by atoms with Crippen LogP contribution in [-0.2, 0) is 14.8 Å². The lowest BCUT2D eigenvalue weighted by atomic mass is 10.1. The minimum Gasteiger partial charge on any atom is -0.480 e. The number of carboxylic acid groups (broad SMARTS) is 1. The van der Waals surface area contributed by atoms with Crippen LogP contribution in [0.5, 0.6) is 0 Å². The smallest absolute Gasteiger partial charge is 0.321 e. The number of carbonyl (C=O) groups is 1. The van der Waals surface area contributed by atoms with Gasteiger partial charge in [-0.3, -0.25) is 9.59 Å². The second kappa shape index (κ2) is 6.51. The molecule has 0 radical (unpaired) electrons. The van der Waals surface area contributed by atoms with Gasteiger partial charge in [0.05, 0.1) is 4.90 Å². The number of fused-ring (bicyclic) bond motifs is 1. The monoisotopic (exact) mass is 338 g/mol. The molecule has 8 heteroatoms. The first-order chi connectivity index (χ1) is 10.7. The minimum atomic E-state index is -3.97. The van der Waals surface area contributed by atoms with Gasteiger partial charge in [-0.2, -0.15) is 4.72 Å². The zero-order valence-electron chi connectivity index (χ0n) is 12.7. The summed E-state index contributed by atoms with van der Waals surface area (Å²) >= 11 is 0. The molecule has 1 aromatic heterocycles. The summed E-state index contributed by atoms with van der Waals surface area (Å²) in [5.74, 6) is -1.19. The Morgan fingerprint density at radius 1 is 1.26 bits per heavy atom. The lowest BCUT2D eigenvalue weighted by molar-refractivity contribution is -0.139. The third-order valence-corrected chi connectivity index (χ3v) is 4.78. The maximum absolute atomic E-state index is 12.4. The molecule has 2 rings (SSSR count). The molecule has 0 aliphatic carbocycles. The number of rotatable bonds is 6. The standard InChI is InChI=1S/C15H18N2O5S/c1-9(2)7-13(15(19)20)17-23(21,22)11-4-5-12-10(8-11)3-6-14(18)16-12/h3-6,8-9,13,17H,7H2,1-2H3,(H,16,18)(H,19,20)/t13-/m1/s1. The molecular formula is C15H18N2O5S. The van der Waals surface area contributed by atoms with E-state index in [9.17, 15) is 18.0 Å². The van der Waals surface area contributed by atoms with Crippen molar-refractivity contribution in [2.45, 2.75) is 31.2 Å². The molecule has 23 heavy (non-hydrogen) atoms. The van der Waals surface area contributed by atoms with Crippen molar-refractivity contribution in [3.8, 4) is 0 Å². The molecule has 7 nitrogen and oxygen atoms in total. The Balaban J connectivity index is 2.36. The van der Waals surface area contributed by atoms with Crippen molar-refractivity contribution in [1.82, 2.24) is 9.71 Å². The van der Waals surface area contributed by atoms with Gasteiger partial charge < -0.3 is 10.1 Å². The van der Waals surface area contributed by atoms with Gasteiger partial charge in [0, 0.05) is 11.6 Å². The first-order valence-electron chi connectivity index (χ1n) is 7.07. The summed E-state index contributed by atoms with van der Waals surface area (Å²) in [4.78, 5) is 25.0. The fourth-order valence-corrected chi connectivity index (χ4v) is 3.46. The number of pyridine rings is 1. The average Bonchev–Trinajstić information content (AvgIpc) is 2.45. The van der Waals surface area contributed by atoms with Gasteiger partial charge in [0.25, 0.3) is 0 Å². The van der Waals surface area contributed by atoms with Crippen LogP contribution in [0.25, 0.3) is 10.9 Å². The molecule has 1 heterocycles. The van der Waals surface area contributed by atoms with E-state index in [1.807, 2.05) is 13.8 Å². The van der Waals surface area contributed by atoms with Gasteiger partial charge in [-0.1, -0.05) is 13.8 Å². The van der Waals surface area contributed by atoms with E-state index in [1.54, 1.807) is 0 Å². The Bertz CT molecular complexity index is 886. The fourth-order valence-electron chi connectivity index (χ4n) is 2.23. The van der Waals surface area contributed by atoms with Crippen LogP contribution < -0.4 is 10.3 Å². The molecule has 1 aromatic carbocycles. The zero-order valence-corrected chi connectivity index (χ0v) is 13.6. The van der Waals surface area contributed by atoms with E-state index >= 15 is 0 Å². The van der Waals surface area contributed by atoms with Gasteiger partial charge in [0.15, 0.2) is 0 Å². The van der Waals surface area contributed by atoms with Crippen molar-refractivity contribution < 1.29 is 18.3 Å². The third-order valence-electron chi connectivity index (χ3n) is 3.31. The SMILES string of the molecule is CC(C)C[C@@H](NS(=O)(=O)c1ccc2[nH]c(=O)ccc2c1)C(=O)O. The molecular weight excluding hydrogens is 320 g/mol. The third kappa shape index (κ3) is 4.17. The maximum Gasteiger partial charge on any atom is 0.321 e. The lowest BCUT2D eigenvalue weighted by Crippen LogP contribution is -2.41. The number of carboxylic acids is 1. The molecule has 1 atom stereocenters. The molecule has 0 saturated carbocycles. The number of aliphatic carboxylic acids is 1. The van der Waals surface area contributed by atoms with Crippen molar-refractivity contribution in [2.24, 2.45) is 5.92 Å². The number of benzene rings is 1. The Labute approximate surface area is 133 Å². The van der Waals surface area contributed by atoms with E-state index in [2.05, 4.69) is 9.71 Å². The summed E-state index contributed by atoms with van der Waals surface area (Å²) in [5, 5.41) is 9.71. The molecule has 2 aromatic rings. The highest BCUT2D eigenvalue weighted by atomic mass is 32.2. The minimum absolute atomic E-state index is 0.0282. The Kier molecular flexibility index (Phi) is 4.86. The molecule has 0 aliphatic rings. The predicted molar refractivity (Wildman–Crippen MR) is 85.8 cm³/mol. The molecule has 3 N–H and O–H groups in total. The van der Waals surface area contributed by atoms with E-state index in [4.69, 9.17) is 5.11 Å².